The van der Waals surface area contributed by atoms with E-state index in [1.54, 1.807) is 42.3 Å². The van der Waals surface area contributed by atoms with Gasteiger partial charge in [-0.05, 0) is 54.2 Å². The minimum atomic E-state index is -0.582. The van der Waals surface area contributed by atoms with E-state index < -0.39 is 6.04 Å². The molecular weight excluding hydrogens is 489 g/mol. The van der Waals surface area contributed by atoms with Gasteiger partial charge in [-0.15, -0.1) is 0 Å². The molecule has 2 saturated carbocycles. The smallest absolute Gasteiger partial charge is 0.321 e. The van der Waals surface area contributed by atoms with Crippen molar-refractivity contribution in [2.45, 2.75) is 44.8 Å². The number of rotatable bonds is 4. The summed E-state index contributed by atoms with van der Waals surface area (Å²) in [4.78, 5) is 54.4. The Hall–Kier alpha value is -2.90. The third kappa shape index (κ3) is 4.80. The number of halogens is 2. The molecule has 0 aromatic heterocycles. The summed E-state index contributed by atoms with van der Waals surface area (Å²) in [5, 5.41) is 3.60. The van der Waals surface area contributed by atoms with Gasteiger partial charge < -0.3 is 15.1 Å². The van der Waals surface area contributed by atoms with E-state index in [0.717, 1.165) is 17.5 Å². The molecule has 1 heterocycles. The van der Waals surface area contributed by atoms with Crippen molar-refractivity contribution in [1.29, 1.82) is 0 Å². The Balaban J connectivity index is 1.31. The maximum atomic E-state index is 13.3. The molecule has 7 nitrogen and oxygen atoms in total. The number of Topliss-reactive ketones (excluding diaryl/α,β-unsaturated/α-hetero) is 2. The summed E-state index contributed by atoms with van der Waals surface area (Å²) in [6, 6.07) is 9.29. The number of amides is 3. The van der Waals surface area contributed by atoms with Crippen molar-refractivity contribution < 1.29 is 19.2 Å². The molecule has 2 fully saturated rings. The zero-order valence-corrected chi connectivity index (χ0v) is 20.7. The number of nitrogens with zero attached hydrogens (tertiary/aromatic N) is 2. The van der Waals surface area contributed by atoms with Crippen LogP contribution in [0, 0.1) is 11.8 Å². The van der Waals surface area contributed by atoms with Crippen molar-refractivity contribution >= 4 is 52.4 Å². The quantitative estimate of drug-likeness (QED) is 0.627. The van der Waals surface area contributed by atoms with Gasteiger partial charge in [0.25, 0.3) is 5.91 Å². The Kier molecular flexibility index (Phi) is 6.32. The van der Waals surface area contributed by atoms with Crippen LogP contribution in [0.25, 0.3) is 0 Å². The summed E-state index contributed by atoms with van der Waals surface area (Å²) in [6.07, 6.45) is 1.87. The van der Waals surface area contributed by atoms with Gasteiger partial charge in [0, 0.05) is 60.2 Å². The number of carbonyl (C=O) groups excluding carboxylic acids is 4. The molecule has 182 valence electrons. The maximum absolute atomic E-state index is 13.3. The number of hydrogen-bond acceptors (Lipinski definition) is 4. The lowest BCUT2D eigenvalue weighted by Crippen LogP contribution is -2.42. The van der Waals surface area contributed by atoms with Crippen LogP contribution in [0.15, 0.2) is 36.4 Å². The molecule has 3 atom stereocenters. The van der Waals surface area contributed by atoms with Gasteiger partial charge in [-0.25, -0.2) is 4.79 Å². The highest BCUT2D eigenvalue weighted by Crippen LogP contribution is 2.45. The second kappa shape index (κ2) is 9.28. The number of anilines is 1. The summed E-state index contributed by atoms with van der Waals surface area (Å²) in [5.74, 6) is 0.259. The molecule has 35 heavy (non-hydrogen) atoms. The predicted octanol–water partition coefficient (Wildman–Crippen LogP) is 4.94. The standard InChI is InChI=1S/C26H25Cl2N3O4/c1-30(26(35)29-18-10-16(27)9-17(28)11-18)12-14-3-2-4-19-21(14)13-31(25(19)34)22-5-6-23(32)20-7-15(20)8-24(22)33/h2-4,9-11,15,20,22H,5-8,12-13H2,1H3,(H,29,35)/t15-,20?,22?/m1/s1. The zero-order valence-electron chi connectivity index (χ0n) is 19.2. The number of urea groups is 1. The Labute approximate surface area is 213 Å². The first-order valence-corrected chi connectivity index (χ1v) is 12.4. The molecule has 1 N–H and O–H groups in total. The minimum Gasteiger partial charge on any atom is -0.324 e. The van der Waals surface area contributed by atoms with E-state index in [2.05, 4.69) is 5.32 Å². The fourth-order valence-corrected chi connectivity index (χ4v) is 5.73. The van der Waals surface area contributed by atoms with E-state index in [9.17, 15) is 19.2 Å². The van der Waals surface area contributed by atoms with Gasteiger partial charge in [0.15, 0.2) is 5.78 Å². The van der Waals surface area contributed by atoms with Crippen molar-refractivity contribution in [3.63, 3.8) is 0 Å². The first-order valence-electron chi connectivity index (χ1n) is 11.7. The highest BCUT2D eigenvalue weighted by molar-refractivity contribution is 6.35. The molecule has 1 aliphatic heterocycles. The van der Waals surface area contributed by atoms with Crippen LogP contribution in [0.1, 0.15) is 47.2 Å². The second-order valence-corrected chi connectivity index (χ2v) is 10.5. The second-order valence-electron chi connectivity index (χ2n) is 9.61. The Morgan fingerprint density at radius 1 is 1.11 bits per heavy atom. The molecular formula is C26H25Cl2N3O4. The molecule has 0 radical (unpaired) electrons. The fraction of sp³-hybridized carbons (Fsp3) is 0.385. The molecule has 2 aromatic carbocycles. The molecule has 2 aliphatic carbocycles. The van der Waals surface area contributed by atoms with Crippen LogP contribution in [-0.4, -0.2) is 46.4 Å². The van der Waals surface area contributed by atoms with Crippen molar-refractivity contribution in [2.75, 3.05) is 12.4 Å². The van der Waals surface area contributed by atoms with Gasteiger partial charge in [0.1, 0.15) is 5.78 Å². The van der Waals surface area contributed by atoms with Crippen LogP contribution >= 0.6 is 23.2 Å². The summed E-state index contributed by atoms with van der Waals surface area (Å²) >= 11 is 12.0. The summed E-state index contributed by atoms with van der Waals surface area (Å²) in [7, 11) is 1.66. The number of nitrogens with one attached hydrogen (secondary N) is 1. The largest absolute Gasteiger partial charge is 0.324 e. The van der Waals surface area contributed by atoms with Gasteiger partial charge >= 0.3 is 6.03 Å². The van der Waals surface area contributed by atoms with E-state index in [4.69, 9.17) is 23.2 Å². The SMILES string of the molecule is CN(Cc1cccc2c1CN(C1CCC(=O)C3C[C@@H]3CC1=O)C2=O)C(=O)Nc1cc(Cl)cc(Cl)c1. The average Bonchev–Trinajstić information content (AvgIpc) is 3.47. The predicted molar refractivity (Wildman–Crippen MR) is 133 cm³/mol. The normalized spacial score (nSPS) is 23.3. The highest BCUT2D eigenvalue weighted by Gasteiger charge is 2.48. The van der Waals surface area contributed by atoms with Gasteiger partial charge in [-0.2, -0.15) is 0 Å². The summed E-state index contributed by atoms with van der Waals surface area (Å²) in [5.41, 5.74) is 2.67. The van der Waals surface area contributed by atoms with Gasteiger partial charge in [-0.3, -0.25) is 14.4 Å². The number of benzene rings is 2. The van der Waals surface area contributed by atoms with Crippen molar-refractivity contribution in [1.82, 2.24) is 9.80 Å². The van der Waals surface area contributed by atoms with Gasteiger partial charge in [0.05, 0.1) is 6.04 Å². The lowest BCUT2D eigenvalue weighted by Gasteiger charge is -2.28. The van der Waals surface area contributed by atoms with Crippen LogP contribution in [0.3, 0.4) is 0 Å². The topological polar surface area (TPSA) is 86.8 Å². The number of fused-ring (bicyclic) bond motifs is 2. The van der Waals surface area contributed by atoms with E-state index in [-0.39, 0.29) is 41.9 Å². The van der Waals surface area contributed by atoms with Gasteiger partial charge in [0.2, 0.25) is 0 Å². The fourth-order valence-electron chi connectivity index (χ4n) is 5.21. The van der Waals surface area contributed by atoms with Crippen LogP contribution in [0.2, 0.25) is 10.0 Å². The van der Waals surface area contributed by atoms with Crippen molar-refractivity contribution in [3.05, 3.63) is 63.1 Å². The van der Waals surface area contributed by atoms with Crippen LogP contribution in [0.5, 0.6) is 0 Å². The monoisotopic (exact) mass is 513 g/mol. The molecule has 3 aliphatic rings. The van der Waals surface area contributed by atoms with Crippen LogP contribution < -0.4 is 5.32 Å². The van der Waals surface area contributed by atoms with Crippen LogP contribution in [0.4, 0.5) is 10.5 Å². The molecule has 9 heteroatoms. The lowest BCUT2D eigenvalue weighted by molar-refractivity contribution is -0.127. The number of hydrogen-bond donors (Lipinski definition) is 1. The van der Waals surface area contributed by atoms with E-state index in [1.807, 2.05) is 6.07 Å². The Morgan fingerprint density at radius 3 is 2.60 bits per heavy atom. The molecule has 5 rings (SSSR count). The lowest BCUT2D eigenvalue weighted by atomic mass is 9.94. The Morgan fingerprint density at radius 2 is 1.86 bits per heavy atom. The number of carbonyl (C=O) groups is 4. The van der Waals surface area contributed by atoms with E-state index >= 15 is 0 Å². The summed E-state index contributed by atoms with van der Waals surface area (Å²) in [6.45, 7) is 0.563. The molecule has 2 unspecified atom stereocenters. The van der Waals surface area contributed by atoms with Gasteiger partial charge in [-0.1, -0.05) is 35.3 Å². The maximum Gasteiger partial charge on any atom is 0.321 e. The Bertz CT molecular complexity index is 1230. The van der Waals surface area contributed by atoms with Crippen molar-refractivity contribution in [3.8, 4) is 0 Å². The van der Waals surface area contributed by atoms with Crippen molar-refractivity contribution in [2.24, 2.45) is 11.8 Å². The minimum absolute atomic E-state index is 0.0441. The molecule has 0 saturated heterocycles. The zero-order chi connectivity index (χ0) is 24.9. The van der Waals surface area contributed by atoms with E-state index in [0.29, 0.717) is 47.1 Å². The third-order valence-electron chi connectivity index (χ3n) is 7.17. The number of ketones is 2. The average molecular weight is 514 g/mol. The third-order valence-corrected chi connectivity index (χ3v) is 7.61. The molecule has 3 amide bonds. The molecule has 2 aromatic rings. The van der Waals surface area contributed by atoms with Crippen LogP contribution in [-0.2, 0) is 22.7 Å². The highest BCUT2D eigenvalue weighted by atomic mass is 35.5. The summed E-state index contributed by atoms with van der Waals surface area (Å²) < 4.78 is 0. The first-order chi connectivity index (χ1) is 16.7. The molecule has 0 bridgehead atoms. The van der Waals surface area contributed by atoms with E-state index in [1.165, 1.54) is 4.90 Å². The molecule has 0 spiro atoms. The first kappa shape index (κ1) is 23.8.